The van der Waals surface area contributed by atoms with Gasteiger partial charge in [-0.2, -0.15) is 0 Å². The van der Waals surface area contributed by atoms with E-state index in [4.69, 9.17) is 5.73 Å². The minimum Gasteiger partial charge on any atom is -0.507 e. The fourth-order valence-corrected chi connectivity index (χ4v) is 1.87. The molecule has 2 aromatic carbocycles. The van der Waals surface area contributed by atoms with Crippen molar-refractivity contribution in [3.8, 4) is 5.75 Å². The van der Waals surface area contributed by atoms with Gasteiger partial charge in [0.15, 0.2) is 0 Å². The number of nitrogens with one attached hydrogen (secondary N) is 1. The molecule has 0 atom stereocenters. The molecule has 19 heavy (non-hydrogen) atoms. The summed E-state index contributed by atoms with van der Waals surface area (Å²) in [5.74, 6) is -1.43. The van der Waals surface area contributed by atoms with Gasteiger partial charge >= 0.3 is 0 Å². The van der Waals surface area contributed by atoms with Gasteiger partial charge in [-0.25, -0.2) is 4.39 Å². The average Bonchev–Trinajstić information content (AvgIpc) is 2.32. The third-order valence-electron chi connectivity index (χ3n) is 2.45. The molecule has 6 heteroatoms. The zero-order valence-corrected chi connectivity index (χ0v) is 11.2. The van der Waals surface area contributed by atoms with E-state index in [2.05, 4.69) is 21.2 Å². The minimum atomic E-state index is -0.634. The molecule has 0 saturated carbocycles. The van der Waals surface area contributed by atoms with E-state index in [1.807, 2.05) is 0 Å². The standard InChI is InChI=1S/C13H10BrFN2O2/c14-7-1-3-9(12(18)5-7)13(19)17-11-4-2-8(16)6-10(11)15/h1-6,18H,16H2,(H,17,19). The summed E-state index contributed by atoms with van der Waals surface area (Å²) in [6, 6.07) is 8.36. The van der Waals surface area contributed by atoms with E-state index in [1.165, 1.54) is 24.3 Å². The molecule has 0 radical (unpaired) electrons. The van der Waals surface area contributed by atoms with Crippen molar-refractivity contribution in [3.63, 3.8) is 0 Å². The summed E-state index contributed by atoms with van der Waals surface area (Å²) >= 11 is 3.17. The van der Waals surface area contributed by atoms with Crippen molar-refractivity contribution < 1.29 is 14.3 Å². The van der Waals surface area contributed by atoms with Gasteiger partial charge in [0.1, 0.15) is 11.6 Å². The maximum absolute atomic E-state index is 13.5. The SMILES string of the molecule is Nc1ccc(NC(=O)c2ccc(Br)cc2O)c(F)c1. The predicted molar refractivity (Wildman–Crippen MR) is 74.6 cm³/mol. The Kier molecular flexibility index (Phi) is 3.71. The van der Waals surface area contributed by atoms with Crippen LogP contribution in [0.2, 0.25) is 0 Å². The quantitative estimate of drug-likeness (QED) is 0.743. The van der Waals surface area contributed by atoms with Crippen LogP contribution in [0.25, 0.3) is 0 Å². The summed E-state index contributed by atoms with van der Waals surface area (Å²) < 4.78 is 14.2. The predicted octanol–water partition coefficient (Wildman–Crippen LogP) is 3.13. The van der Waals surface area contributed by atoms with E-state index in [0.29, 0.717) is 4.47 Å². The third kappa shape index (κ3) is 3.03. The topological polar surface area (TPSA) is 75.3 Å². The first-order valence-electron chi connectivity index (χ1n) is 5.32. The number of hydrogen-bond acceptors (Lipinski definition) is 3. The molecule has 0 aromatic heterocycles. The van der Waals surface area contributed by atoms with Crippen molar-refractivity contribution in [1.82, 2.24) is 0 Å². The van der Waals surface area contributed by atoms with Crippen molar-refractivity contribution in [1.29, 1.82) is 0 Å². The lowest BCUT2D eigenvalue weighted by Crippen LogP contribution is -2.13. The molecule has 0 saturated heterocycles. The van der Waals surface area contributed by atoms with E-state index in [-0.39, 0.29) is 22.7 Å². The zero-order valence-electron chi connectivity index (χ0n) is 9.65. The molecule has 0 fully saturated rings. The number of halogens is 2. The van der Waals surface area contributed by atoms with Crippen LogP contribution in [0.4, 0.5) is 15.8 Å². The summed E-state index contributed by atoms with van der Waals surface area (Å²) in [7, 11) is 0. The monoisotopic (exact) mass is 324 g/mol. The highest BCUT2D eigenvalue weighted by Crippen LogP contribution is 2.24. The third-order valence-corrected chi connectivity index (χ3v) is 2.94. The van der Waals surface area contributed by atoms with E-state index in [1.54, 1.807) is 6.07 Å². The first-order valence-corrected chi connectivity index (χ1v) is 6.11. The Morgan fingerprint density at radius 2 is 2.00 bits per heavy atom. The second-order valence-corrected chi connectivity index (χ2v) is 4.77. The van der Waals surface area contributed by atoms with Gasteiger partial charge in [-0.15, -0.1) is 0 Å². The smallest absolute Gasteiger partial charge is 0.259 e. The molecule has 2 aromatic rings. The van der Waals surface area contributed by atoms with Crippen LogP contribution in [0.15, 0.2) is 40.9 Å². The maximum atomic E-state index is 13.5. The molecular formula is C13H10BrFN2O2. The summed E-state index contributed by atoms with van der Waals surface area (Å²) in [6.45, 7) is 0. The van der Waals surface area contributed by atoms with Crippen LogP contribution in [0.1, 0.15) is 10.4 Å². The van der Waals surface area contributed by atoms with E-state index in [0.717, 1.165) is 6.07 Å². The van der Waals surface area contributed by atoms with Gasteiger partial charge in [0, 0.05) is 10.2 Å². The van der Waals surface area contributed by atoms with Crippen LogP contribution in [0.5, 0.6) is 5.75 Å². The zero-order chi connectivity index (χ0) is 14.0. The summed E-state index contributed by atoms with van der Waals surface area (Å²) in [5.41, 5.74) is 5.73. The largest absolute Gasteiger partial charge is 0.507 e. The van der Waals surface area contributed by atoms with Gasteiger partial charge < -0.3 is 16.2 Å². The number of phenolic OH excluding ortho intramolecular Hbond substituents is 1. The Bertz CT molecular complexity index is 647. The lowest BCUT2D eigenvalue weighted by Gasteiger charge is -2.08. The summed E-state index contributed by atoms with van der Waals surface area (Å²) in [5, 5.41) is 12.0. The number of amides is 1. The Morgan fingerprint density at radius 3 is 2.63 bits per heavy atom. The van der Waals surface area contributed by atoms with Crippen LogP contribution in [0, 0.1) is 5.82 Å². The number of nitrogens with two attached hydrogens (primary N) is 1. The highest BCUT2D eigenvalue weighted by atomic mass is 79.9. The number of nitrogen functional groups attached to an aromatic ring is 1. The molecule has 4 N–H and O–H groups in total. The molecule has 98 valence electrons. The number of benzene rings is 2. The van der Waals surface area contributed by atoms with Crippen molar-refractivity contribution in [3.05, 3.63) is 52.3 Å². The van der Waals surface area contributed by atoms with Crippen LogP contribution in [-0.4, -0.2) is 11.0 Å². The van der Waals surface area contributed by atoms with Gasteiger partial charge in [-0.3, -0.25) is 4.79 Å². The molecule has 0 bridgehead atoms. The molecule has 0 aliphatic rings. The second kappa shape index (κ2) is 5.27. The first-order chi connectivity index (χ1) is 8.97. The number of anilines is 2. The molecule has 0 aliphatic heterocycles. The highest BCUT2D eigenvalue weighted by molar-refractivity contribution is 9.10. The van der Waals surface area contributed by atoms with Crippen molar-refractivity contribution in [2.24, 2.45) is 0 Å². The van der Waals surface area contributed by atoms with Gasteiger partial charge in [0.05, 0.1) is 11.3 Å². The Balaban J connectivity index is 2.25. The summed E-state index contributed by atoms with van der Waals surface area (Å²) in [6.07, 6.45) is 0. The molecule has 0 aliphatic carbocycles. The van der Waals surface area contributed by atoms with Crippen LogP contribution in [0.3, 0.4) is 0 Å². The van der Waals surface area contributed by atoms with Gasteiger partial charge in [0.2, 0.25) is 0 Å². The fourth-order valence-electron chi connectivity index (χ4n) is 1.52. The Morgan fingerprint density at radius 1 is 1.26 bits per heavy atom. The van der Waals surface area contributed by atoms with Crippen LogP contribution >= 0.6 is 15.9 Å². The number of rotatable bonds is 2. The summed E-state index contributed by atoms with van der Waals surface area (Å²) in [4.78, 5) is 11.9. The lowest BCUT2D eigenvalue weighted by atomic mass is 10.2. The van der Waals surface area contributed by atoms with E-state index in [9.17, 15) is 14.3 Å². The molecule has 1 amide bonds. The molecule has 2 rings (SSSR count). The Labute approximate surface area is 117 Å². The van der Waals surface area contributed by atoms with Crippen LogP contribution in [-0.2, 0) is 0 Å². The van der Waals surface area contributed by atoms with E-state index < -0.39 is 11.7 Å². The molecule has 0 unspecified atom stereocenters. The molecule has 4 nitrogen and oxygen atoms in total. The lowest BCUT2D eigenvalue weighted by molar-refractivity contribution is 0.102. The van der Waals surface area contributed by atoms with E-state index >= 15 is 0 Å². The highest BCUT2D eigenvalue weighted by Gasteiger charge is 2.13. The number of phenols is 1. The van der Waals surface area contributed by atoms with Crippen molar-refractivity contribution in [2.45, 2.75) is 0 Å². The maximum Gasteiger partial charge on any atom is 0.259 e. The van der Waals surface area contributed by atoms with Crippen molar-refractivity contribution in [2.75, 3.05) is 11.1 Å². The fraction of sp³-hybridized carbons (Fsp3) is 0. The molecular weight excluding hydrogens is 315 g/mol. The molecule has 0 heterocycles. The van der Waals surface area contributed by atoms with Gasteiger partial charge in [-0.05, 0) is 36.4 Å². The minimum absolute atomic E-state index is 0.00141. The normalized spacial score (nSPS) is 10.2. The number of hydrogen-bond donors (Lipinski definition) is 3. The second-order valence-electron chi connectivity index (χ2n) is 3.85. The van der Waals surface area contributed by atoms with Crippen molar-refractivity contribution >= 4 is 33.2 Å². The van der Waals surface area contributed by atoms with Gasteiger partial charge in [0.25, 0.3) is 5.91 Å². The van der Waals surface area contributed by atoms with Gasteiger partial charge in [-0.1, -0.05) is 15.9 Å². The Hall–Kier alpha value is -2.08. The van der Waals surface area contributed by atoms with Crippen LogP contribution < -0.4 is 11.1 Å². The number of carbonyl (C=O) groups is 1. The molecule has 0 spiro atoms. The number of carbonyl (C=O) groups excluding carboxylic acids is 1. The number of aromatic hydroxyl groups is 1. The average molecular weight is 325 g/mol. The first kappa shape index (κ1) is 13.4.